The van der Waals surface area contributed by atoms with Crippen molar-refractivity contribution in [1.82, 2.24) is 10.0 Å². The Balaban J connectivity index is 2.60. The van der Waals surface area contributed by atoms with E-state index in [1.165, 1.54) is 6.26 Å². The van der Waals surface area contributed by atoms with E-state index in [0.717, 1.165) is 17.3 Å². The molecular formula is C11H23N3O2S2. The lowest BCUT2D eigenvalue weighted by molar-refractivity contribution is 0.455. The van der Waals surface area contributed by atoms with Crippen LogP contribution in [0.1, 0.15) is 34.1 Å². The molecule has 0 amide bonds. The Labute approximate surface area is 114 Å². The normalized spacial score (nSPS) is 27.5. The molecule has 0 aromatic heterocycles. The number of sulfonamides is 1. The molecule has 0 bridgehead atoms. The zero-order valence-electron chi connectivity index (χ0n) is 11.7. The molecule has 1 aliphatic heterocycles. The number of aliphatic imine (C=N–C) groups is 1. The summed E-state index contributed by atoms with van der Waals surface area (Å²) < 4.78 is 25.0. The highest BCUT2D eigenvalue weighted by molar-refractivity contribution is 8.14. The van der Waals surface area contributed by atoms with Crippen molar-refractivity contribution in [2.24, 2.45) is 4.99 Å². The third-order valence-corrected chi connectivity index (χ3v) is 5.01. The molecule has 0 saturated carbocycles. The van der Waals surface area contributed by atoms with Crippen LogP contribution < -0.4 is 10.0 Å². The Morgan fingerprint density at radius 3 is 2.61 bits per heavy atom. The van der Waals surface area contributed by atoms with Gasteiger partial charge in [0.25, 0.3) is 0 Å². The summed E-state index contributed by atoms with van der Waals surface area (Å²) in [7, 11) is -3.20. The third-order valence-electron chi connectivity index (χ3n) is 2.80. The summed E-state index contributed by atoms with van der Waals surface area (Å²) in [6, 6.07) is 0. The summed E-state index contributed by atoms with van der Waals surface area (Å²) in [4.78, 5) is 4.46. The zero-order valence-corrected chi connectivity index (χ0v) is 13.3. The van der Waals surface area contributed by atoms with Crippen LogP contribution in [-0.4, -0.2) is 43.2 Å². The Bertz CT molecular complexity index is 432. The van der Waals surface area contributed by atoms with Gasteiger partial charge in [-0.1, -0.05) is 18.7 Å². The largest absolute Gasteiger partial charge is 0.359 e. The fourth-order valence-electron chi connectivity index (χ4n) is 1.64. The maximum Gasteiger partial charge on any atom is 0.209 e. The van der Waals surface area contributed by atoms with Crippen LogP contribution in [0.15, 0.2) is 4.99 Å². The Morgan fingerprint density at radius 1 is 1.56 bits per heavy atom. The van der Waals surface area contributed by atoms with Crippen LogP contribution in [0.5, 0.6) is 0 Å². The first-order valence-electron chi connectivity index (χ1n) is 6.00. The van der Waals surface area contributed by atoms with Gasteiger partial charge in [0.2, 0.25) is 10.0 Å². The Morgan fingerprint density at radius 2 is 2.17 bits per heavy atom. The van der Waals surface area contributed by atoms with Crippen molar-refractivity contribution in [3.8, 4) is 0 Å². The van der Waals surface area contributed by atoms with Gasteiger partial charge in [0, 0.05) is 16.8 Å². The molecule has 1 atom stereocenters. The van der Waals surface area contributed by atoms with Crippen molar-refractivity contribution in [3.05, 3.63) is 0 Å². The van der Waals surface area contributed by atoms with Crippen LogP contribution in [-0.2, 0) is 10.0 Å². The van der Waals surface area contributed by atoms with Gasteiger partial charge >= 0.3 is 0 Å². The number of hydrogen-bond acceptors (Lipinski definition) is 4. The van der Waals surface area contributed by atoms with Crippen LogP contribution in [0.4, 0.5) is 0 Å². The molecule has 0 spiro atoms. The van der Waals surface area contributed by atoms with Crippen LogP contribution in [0.3, 0.4) is 0 Å². The third kappa shape index (κ3) is 5.16. The molecule has 1 rings (SSSR count). The minimum Gasteiger partial charge on any atom is -0.359 e. The van der Waals surface area contributed by atoms with Gasteiger partial charge < -0.3 is 5.32 Å². The van der Waals surface area contributed by atoms with E-state index < -0.39 is 15.6 Å². The van der Waals surface area contributed by atoms with Crippen molar-refractivity contribution in [2.45, 2.75) is 45.2 Å². The topological polar surface area (TPSA) is 70.6 Å². The molecule has 1 aliphatic rings. The van der Waals surface area contributed by atoms with Crippen molar-refractivity contribution in [1.29, 1.82) is 0 Å². The van der Waals surface area contributed by atoms with Crippen LogP contribution in [0, 0.1) is 0 Å². The number of nitrogens with one attached hydrogen (secondary N) is 2. The predicted octanol–water partition coefficient (Wildman–Crippen LogP) is 1.18. The minimum absolute atomic E-state index is 0.109. The molecule has 18 heavy (non-hydrogen) atoms. The van der Waals surface area contributed by atoms with E-state index in [2.05, 4.69) is 28.9 Å². The minimum atomic E-state index is -3.20. The van der Waals surface area contributed by atoms with E-state index >= 15 is 0 Å². The first kappa shape index (κ1) is 15.8. The zero-order chi connectivity index (χ0) is 14.0. The standard InChI is InChI=1S/C11H23N3O2S2/c1-6-11(4)8-17-9(13-11)12-7-10(2,3)14-18(5,15)16/h14H,6-8H2,1-5H3,(H,12,13). The smallest absolute Gasteiger partial charge is 0.209 e. The van der Waals surface area contributed by atoms with Crippen molar-refractivity contribution in [2.75, 3.05) is 18.6 Å². The number of hydrogen-bond donors (Lipinski definition) is 2. The molecule has 1 fully saturated rings. The highest BCUT2D eigenvalue weighted by Gasteiger charge is 2.31. The number of rotatable bonds is 5. The molecule has 0 aliphatic carbocycles. The Kier molecular flexibility index (Phi) is 4.72. The first-order valence-corrected chi connectivity index (χ1v) is 8.87. The predicted molar refractivity (Wildman–Crippen MR) is 78.7 cm³/mol. The first-order chi connectivity index (χ1) is 8.05. The molecular weight excluding hydrogens is 270 g/mol. The molecule has 0 aromatic rings. The van der Waals surface area contributed by atoms with Gasteiger partial charge in [-0.3, -0.25) is 4.99 Å². The summed E-state index contributed by atoms with van der Waals surface area (Å²) in [5, 5.41) is 4.29. The molecule has 5 nitrogen and oxygen atoms in total. The lowest BCUT2D eigenvalue weighted by Crippen LogP contribution is -2.46. The average molecular weight is 293 g/mol. The summed E-state index contributed by atoms with van der Waals surface area (Å²) in [5.74, 6) is 1.00. The van der Waals surface area contributed by atoms with E-state index in [1.54, 1.807) is 11.8 Å². The number of thioether (sulfide) groups is 1. The maximum atomic E-state index is 11.2. The van der Waals surface area contributed by atoms with Crippen LogP contribution >= 0.6 is 11.8 Å². The lowest BCUT2D eigenvalue weighted by atomic mass is 10.0. The maximum absolute atomic E-state index is 11.2. The summed E-state index contributed by atoms with van der Waals surface area (Å²) >= 11 is 1.69. The Hall–Kier alpha value is -0.270. The molecule has 1 saturated heterocycles. The SMILES string of the molecule is CCC1(C)CSC(=NCC(C)(C)NS(C)(=O)=O)N1. The highest BCUT2D eigenvalue weighted by atomic mass is 32.2. The van der Waals surface area contributed by atoms with E-state index in [4.69, 9.17) is 0 Å². The van der Waals surface area contributed by atoms with Crippen molar-refractivity contribution < 1.29 is 8.42 Å². The van der Waals surface area contributed by atoms with Crippen LogP contribution in [0.2, 0.25) is 0 Å². The number of nitrogens with zero attached hydrogens (tertiary/aromatic N) is 1. The van der Waals surface area contributed by atoms with E-state index in [-0.39, 0.29) is 5.54 Å². The number of amidine groups is 1. The molecule has 1 heterocycles. The summed E-state index contributed by atoms with van der Waals surface area (Å²) in [6.07, 6.45) is 2.21. The van der Waals surface area contributed by atoms with Gasteiger partial charge in [-0.25, -0.2) is 13.1 Å². The van der Waals surface area contributed by atoms with E-state index in [1.807, 2.05) is 13.8 Å². The van der Waals surface area contributed by atoms with Gasteiger partial charge in [0.05, 0.1) is 12.8 Å². The van der Waals surface area contributed by atoms with Gasteiger partial charge in [0.1, 0.15) is 0 Å². The van der Waals surface area contributed by atoms with Gasteiger partial charge in [-0.15, -0.1) is 0 Å². The van der Waals surface area contributed by atoms with Crippen LogP contribution in [0.25, 0.3) is 0 Å². The summed E-state index contributed by atoms with van der Waals surface area (Å²) in [5.41, 5.74) is -0.452. The highest BCUT2D eigenvalue weighted by Crippen LogP contribution is 2.25. The molecule has 7 heteroatoms. The second-order valence-corrected chi connectivity index (χ2v) is 8.42. The van der Waals surface area contributed by atoms with Crippen molar-refractivity contribution in [3.63, 3.8) is 0 Å². The van der Waals surface area contributed by atoms with Gasteiger partial charge in [-0.05, 0) is 27.2 Å². The monoisotopic (exact) mass is 293 g/mol. The van der Waals surface area contributed by atoms with Gasteiger partial charge in [-0.2, -0.15) is 0 Å². The van der Waals surface area contributed by atoms with Crippen molar-refractivity contribution >= 4 is 27.0 Å². The summed E-state index contributed by atoms with van der Waals surface area (Å²) in [6.45, 7) is 8.40. The van der Waals surface area contributed by atoms with E-state index in [0.29, 0.717) is 6.54 Å². The fourth-order valence-corrected chi connectivity index (χ4v) is 3.91. The molecule has 0 aromatic carbocycles. The molecule has 106 valence electrons. The molecule has 2 N–H and O–H groups in total. The van der Waals surface area contributed by atoms with E-state index in [9.17, 15) is 8.42 Å². The second kappa shape index (κ2) is 5.38. The second-order valence-electron chi connectivity index (χ2n) is 5.71. The van der Waals surface area contributed by atoms with Gasteiger partial charge in [0.15, 0.2) is 5.17 Å². The quantitative estimate of drug-likeness (QED) is 0.798. The molecule has 1 unspecified atom stereocenters. The molecule has 0 radical (unpaired) electrons. The lowest BCUT2D eigenvalue weighted by Gasteiger charge is -2.24. The average Bonchev–Trinajstić information content (AvgIpc) is 2.55. The fraction of sp³-hybridized carbons (Fsp3) is 0.909.